The predicted molar refractivity (Wildman–Crippen MR) is 95.8 cm³/mol. The van der Waals surface area contributed by atoms with Crippen LogP contribution in [0.25, 0.3) is 0 Å². The monoisotopic (exact) mass is 344 g/mol. The van der Waals surface area contributed by atoms with Gasteiger partial charge in [-0.1, -0.05) is 55.8 Å². The molecular weight excluding hydrogens is 316 g/mol. The van der Waals surface area contributed by atoms with Crippen molar-refractivity contribution in [1.29, 1.82) is 0 Å². The molecule has 1 saturated carbocycles. The quantitative estimate of drug-likeness (QED) is 0.606. The van der Waals surface area contributed by atoms with E-state index in [1.807, 2.05) is 37.3 Å². The Hall–Kier alpha value is -1.65. The Morgan fingerprint density at radius 2 is 2.12 bits per heavy atom. The molecule has 1 heterocycles. The normalized spacial score (nSPS) is 31.6. The summed E-state index contributed by atoms with van der Waals surface area (Å²) < 4.78 is 11.5. The molecule has 4 heteroatoms. The van der Waals surface area contributed by atoms with Crippen LogP contribution >= 0.6 is 0 Å². The molecule has 0 amide bonds. The average molecular weight is 344 g/mol. The van der Waals surface area contributed by atoms with E-state index in [1.165, 1.54) is 0 Å². The predicted octanol–water partition coefficient (Wildman–Crippen LogP) is 3.63. The van der Waals surface area contributed by atoms with Gasteiger partial charge >= 0.3 is 5.97 Å². The van der Waals surface area contributed by atoms with E-state index < -0.39 is 17.8 Å². The van der Waals surface area contributed by atoms with Crippen LogP contribution in [0, 0.1) is 11.8 Å². The second-order valence-corrected chi connectivity index (χ2v) is 7.70. The molecule has 4 nitrogen and oxygen atoms in total. The first-order chi connectivity index (χ1) is 11.9. The molecule has 1 aliphatic carbocycles. The zero-order valence-electron chi connectivity index (χ0n) is 15.3. The first kappa shape index (κ1) is 18.2. The van der Waals surface area contributed by atoms with Crippen LogP contribution in [0.15, 0.2) is 42.0 Å². The molecule has 3 rings (SSSR count). The maximum absolute atomic E-state index is 12.5. The molecule has 1 saturated heterocycles. The average Bonchev–Trinajstić information content (AvgIpc) is 3.05. The second kappa shape index (κ2) is 7.30. The minimum Gasteiger partial charge on any atom is -0.457 e. The van der Waals surface area contributed by atoms with Gasteiger partial charge in [0.1, 0.15) is 12.2 Å². The van der Waals surface area contributed by atoms with Gasteiger partial charge < -0.3 is 14.6 Å². The highest BCUT2D eigenvalue weighted by Crippen LogP contribution is 2.50. The number of benzene rings is 1. The van der Waals surface area contributed by atoms with Gasteiger partial charge in [-0.05, 0) is 31.2 Å². The standard InChI is InChI=1S/C21H28O4/c1-14(2)8-7-9-15(3)18-19(22)17-12-21(18,20(23)25-17)24-13-16-10-5-4-6-11-16/h4-6,9-11,14,17-19,22H,7-8,12-13H2,1-3H3/b15-9+/t17-,18+,19-,21-/m1/s1. The molecule has 0 spiro atoms. The molecule has 136 valence electrons. The van der Waals surface area contributed by atoms with Gasteiger partial charge in [-0.15, -0.1) is 0 Å². The van der Waals surface area contributed by atoms with Gasteiger partial charge in [0.2, 0.25) is 0 Å². The van der Waals surface area contributed by atoms with E-state index in [2.05, 4.69) is 19.9 Å². The van der Waals surface area contributed by atoms with Gasteiger partial charge in [0.15, 0.2) is 5.60 Å². The number of fused-ring (bicyclic) bond motifs is 2. The Morgan fingerprint density at radius 1 is 1.40 bits per heavy atom. The van der Waals surface area contributed by atoms with E-state index in [9.17, 15) is 9.90 Å². The number of esters is 1. The second-order valence-electron chi connectivity index (χ2n) is 7.70. The molecule has 2 bridgehead atoms. The van der Waals surface area contributed by atoms with Crippen LogP contribution in [0.1, 0.15) is 45.6 Å². The maximum Gasteiger partial charge on any atom is 0.339 e. The van der Waals surface area contributed by atoms with Gasteiger partial charge in [0.05, 0.1) is 6.61 Å². The number of rotatable bonds is 7. The number of allylic oxidation sites excluding steroid dienone is 1. The Balaban J connectivity index is 1.79. The van der Waals surface area contributed by atoms with Crippen molar-refractivity contribution in [2.75, 3.05) is 0 Å². The van der Waals surface area contributed by atoms with Crippen LogP contribution in [0.3, 0.4) is 0 Å². The van der Waals surface area contributed by atoms with E-state index in [-0.39, 0.29) is 11.9 Å². The minimum absolute atomic E-state index is 0.324. The molecule has 1 aromatic rings. The smallest absolute Gasteiger partial charge is 0.339 e. The lowest BCUT2D eigenvalue weighted by Crippen LogP contribution is -2.50. The summed E-state index contributed by atoms with van der Waals surface area (Å²) in [5.41, 5.74) is 0.980. The molecule has 1 N–H and O–H groups in total. The van der Waals surface area contributed by atoms with Crippen molar-refractivity contribution >= 4 is 5.97 Å². The molecule has 0 radical (unpaired) electrons. The number of ether oxygens (including phenoxy) is 2. The number of hydrogen-bond donors (Lipinski definition) is 1. The van der Waals surface area contributed by atoms with Crippen molar-refractivity contribution in [3.8, 4) is 0 Å². The minimum atomic E-state index is -1.06. The van der Waals surface area contributed by atoms with E-state index in [1.54, 1.807) is 0 Å². The summed E-state index contributed by atoms with van der Waals surface area (Å²) in [5, 5.41) is 10.6. The summed E-state index contributed by atoms with van der Waals surface area (Å²) in [7, 11) is 0. The zero-order valence-corrected chi connectivity index (χ0v) is 15.3. The fraction of sp³-hybridized carbons (Fsp3) is 0.571. The molecule has 0 unspecified atom stereocenters. The molecule has 0 aromatic heterocycles. The van der Waals surface area contributed by atoms with Crippen molar-refractivity contribution in [1.82, 2.24) is 0 Å². The highest BCUT2D eigenvalue weighted by molar-refractivity contribution is 5.84. The topological polar surface area (TPSA) is 55.8 Å². The molecule has 2 aliphatic rings. The van der Waals surface area contributed by atoms with Gasteiger partial charge in [-0.3, -0.25) is 0 Å². The highest BCUT2D eigenvalue weighted by Gasteiger charge is 2.66. The molecule has 1 aliphatic heterocycles. The van der Waals surface area contributed by atoms with Crippen molar-refractivity contribution in [2.24, 2.45) is 11.8 Å². The summed E-state index contributed by atoms with van der Waals surface area (Å²) in [6, 6.07) is 9.79. The van der Waals surface area contributed by atoms with E-state index in [0.29, 0.717) is 18.9 Å². The number of carbonyl (C=O) groups excluding carboxylic acids is 1. The van der Waals surface area contributed by atoms with Gasteiger partial charge in [-0.25, -0.2) is 4.79 Å². The number of aliphatic hydroxyl groups excluding tert-OH is 1. The van der Waals surface area contributed by atoms with Gasteiger partial charge in [-0.2, -0.15) is 0 Å². The van der Waals surface area contributed by atoms with Gasteiger partial charge in [0.25, 0.3) is 0 Å². The lowest BCUT2D eigenvalue weighted by Gasteiger charge is -2.35. The number of hydrogen-bond acceptors (Lipinski definition) is 4. The molecule has 4 atom stereocenters. The highest BCUT2D eigenvalue weighted by atomic mass is 16.6. The fourth-order valence-corrected chi connectivity index (χ4v) is 4.00. The molecule has 25 heavy (non-hydrogen) atoms. The lowest BCUT2D eigenvalue weighted by molar-refractivity contribution is -0.184. The maximum atomic E-state index is 12.5. The SMILES string of the molecule is C/C(=C\CCC(C)C)[C@H]1[C@H](O)[C@H]2C[C@]1(OCc1ccccc1)C(=O)O2. The van der Waals surface area contributed by atoms with Crippen molar-refractivity contribution in [2.45, 2.75) is 64.4 Å². The third kappa shape index (κ3) is 3.51. The van der Waals surface area contributed by atoms with Crippen LogP contribution < -0.4 is 0 Å². The number of aliphatic hydroxyl groups is 1. The van der Waals surface area contributed by atoms with Crippen molar-refractivity contribution < 1.29 is 19.4 Å². The molecule has 2 fully saturated rings. The molecule has 1 aromatic carbocycles. The van der Waals surface area contributed by atoms with Crippen LogP contribution in [-0.2, 0) is 20.9 Å². The first-order valence-corrected chi connectivity index (χ1v) is 9.17. The summed E-state index contributed by atoms with van der Waals surface area (Å²) in [5.74, 6) is -0.0303. The molecular formula is C21H28O4. The summed E-state index contributed by atoms with van der Waals surface area (Å²) in [4.78, 5) is 12.5. The van der Waals surface area contributed by atoms with Crippen molar-refractivity contribution in [3.63, 3.8) is 0 Å². The summed E-state index contributed by atoms with van der Waals surface area (Å²) >= 11 is 0. The van der Waals surface area contributed by atoms with Crippen LogP contribution in [0.5, 0.6) is 0 Å². The van der Waals surface area contributed by atoms with E-state index in [0.717, 1.165) is 24.0 Å². The summed E-state index contributed by atoms with van der Waals surface area (Å²) in [6.07, 6.45) is 3.47. The largest absolute Gasteiger partial charge is 0.457 e. The Kier molecular flexibility index (Phi) is 5.30. The third-order valence-corrected chi connectivity index (χ3v) is 5.37. The number of carbonyl (C=O) groups is 1. The van der Waals surface area contributed by atoms with E-state index in [4.69, 9.17) is 9.47 Å². The zero-order chi connectivity index (χ0) is 18.0. The Bertz CT molecular complexity index is 637. The van der Waals surface area contributed by atoms with Crippen LogP contribution in [-0.4, -0.2) is 28.9 Å². The fourth-order valence-electron chi connectivity index (χ4n) is 4.00. The summed E-state index contributed by atoms with van der Waals surface area (Å²) in [6.45, 7) is 6.72. The van der Waals surface area contributed by atoms with Crippen molar-refractivity contribution in [3.05, 3.63) is 47.5 Å². The van der Waals surface area contributed by atoms with Crippen LogP contribution in [0.4, 0.5) is 0 Å². The van der Waals surface area contributed by atoms with Crippen LogP contribution in [0.2, 0.25) is 0 Å². The lowest BCUT2D eigenvalue weighted by atomic mass is 9.82. The Morgan fingerprint density at radius 3 is 2.80 bits per heavy atom. The van der Waals surface area contributed by atoms with E-state index >= 15 is 0 Å². The first-order valence-electron chi connectivity index (χ1n) is 9.17. The third-order valence-electron chi connectivity index (χ3n) is 5.37. The van der Waals surface area contributed by atoms with Gasteiger partial charge in [0, 0.05) is 12.3 Å². The Labute approximate surface area is 149 Å².